The van der Waals surface area contributed by atoms with Gasteiger partial charge < -0.3 is 26.1 Å². The molecule has 1 heterocycles. The number of nitro benzene ring substituents is 1. The third-order valence-electron chi connectivity index (χ3n) is 3.89. The topological polar surface area (TPSA) is 184 Å². The maximum atomic E-state index is 11.6. The predicted molar refractivity (Wildman–Crippen MR) is 114 cm³/mol. The summed E-state index contributed by atoms with van der Waals surface area (Å²) in [6, 6.07) is 1.49. The van der Waals surface area contributed by atoms with Gasteiger partial charge in [-0.15, -0.1) is 34.0 Å². The molecule has 0 spiro atoms. The van der Waals surface area contributed by atoms with Crippen molar-refractivity contribution in [3.8, 4) is 0 Å². The number of hydrogen-bond donors (Lipinski definition) is 5. The molecular weight excluding hydrogens is 506 g/mol. The largest absolute Gasteiger partial charge is 0.480 e. The number of aliphatic carboxylic acids is 1. The lowest BCUT2D eigenvalue weighted by molar-refractivity contribution is -0.384. The van der Waals surface area contributed by atoms with E-state index >= 15 is 0 Å². The summed E-state index contributed by atoms with van der Waals surface area (Å²) >= 11 is 0. The van der Waals surface area contributed by atoms with Crippen molar-refractivity contribution >= 4 is 56.7 Å². The van der Waals surface area contributed by atoms with E-state index in [-0.39, 0.29) is 57.2 Å². The fraction of sp³-hybridized carbons (Fsp3) is 0.400. The summed E-state index contributed by atoms with van der Waals surface area (Å²) in [6.45, 7) is 0.413. The maximum Gasteiger partial charge on any atom is 0.320 e. The molecule has 0 aliphatic carbocycles. The Balaban J connectivity index is 0.00000364. The van der Waals surface area contributed by atoms with E-state index < -0.39 is 28.1 Å². The van der Waals surface area contributed by atoms with Gasteiger partial charge in [0.25, 0.3) is 5.69 Å². The van der Waals surface area contributed by atoms with E-state index in [1.807, 2.05) is 0 Å². The molecule has 1 aromatic carbocycles. The molecule has 0 saturated heterocycles. The molecule has 0 bridgehead atoms. The lowest BCUT2D eigenvalue weighted by Crippen LogP contribution is -2.36. The molecule has 28 heavy (non-hydrogen) atoms. The summed E-state index contributed by atoms with van der Waals surface area (Å²) in [5.74, 6) is -1.06. The predicted octanol–water partition coefficient (Wildman–Crippen LogP) is 0.952. The molecule has 1 aromatic heterocycles. The smallest absolute Gasteiger partial charge is 0.320 e. The summed E-state index contributed by atoms with van der Waals surface area (Å²) in [5.41, 5.74) is 3.88. The van der Waals surface area contributed by atoms with Gasteiger partial charge in [0, 0.05) is 18.7 Å². The lowest BCUT2D eigenvalue weighted by Gasteiger charge is -2.15. The number of unbranched alkanes of at least 4 members (excludes halogenated alkanes) is 1. The number of benzene rings is 1. The third kappa shape index (κ3) is 6.51. The van der Waals surface area contributed by atoms with E-state index in [1.54, 1.807) is 0 Å². The van der Waals surface area contributed by atoms with Crippen molar-refractivity contribution in [1.29, 1.82) is 0 Å². The Morgan fingerprint density at radius 3 is 2.43 bits per heavy atom. The Kier molecular flexibility index (Phi) is 10.8. The number of rotatable bonds is 9. The van der Waals surface area contributed by atoms with Crippen molar-refractivity contribution < 1.29 is 14.8 Å². The first-order valence-corrected chi connectivity index (χ1v) is 7.93. The standard InChI is InChI=1S/C15H19N5O6.2BrH/c16-4-2-1-3-10(15(23)24)17-7-8-5-9(20(25)26)6-11-12(8)19-14(22)13(21)18-11;;/h5-6,10,17H,1-4,7,16H2,(H,18,21)(H,19,22)(H,23,24);2*1H/t10-;;/m0../s1. The van der Waals surface area contributed by atoms with Gasteiger partial charge in [0.1, 0.15) is 6.04 Å². The normalized spacial score (nSPS) is 11.3. The lowest BCUT2D eigenvalue weighted by atomic mass is 10.1. The summed E-state index contributed by atoms with van der Waals surface area (Å²) in [5, 5.41) is 23.2. The first-order valence-electron chi connectivity index (χ1n) is 7.93. The van der Waals surface area contributed by atoms with Crippen LogP contribution in [0.15, 0.2) is 21.7 Å². The van der Waals surface area contributed by atoms with Crippen molar-refractivity contribution in [2.45, 2.75) is 31.8 Å². The number of nitrogens with one attached hydrogen (secondary N) is 3. The molecule has 1 atom stereocenters. The van der Waals surface area contributed by atoms with Crippen LogP contribution in [0.2, 0.25) is 0 Å². The quantitative estimate of drug-likeness (QED) is 0.138. The maximum absolute atomic E-state index is 11.6. The summed E-state index contributed by atoms with van der Waals surface area (Å²) < 4.78 is 0. The van der Waals surface area contributed by atoms with Crippen LogP contribution in [-0.2, 0) is 11.3 Å². The minimum Gasteiger partial charge on any atom is -0.480 e. The molecule has 11 nitrogen and oxygen atoms in total. The van der Waals surface area contributed by atoms with Gasteiger partial charge in [-0.3, -0.25) is 24.5 Å². The molecule has 2 aromatic rings. The van der Waals surface area contributed by atoms with E-state index in [2.05, 4.69) is 15.3 Å². The number of fused-ring (bicyclic) bond motifs is 1. The van der Waals surface area contributed by atoms with Gasteiger partial charge in [-0.1, -0.05) is 6.42 Å². The van der Waals surface area contributed by atoms with Crippen LogP contribution < -0.4 is 22.2 Å². The van der Waals surface area contributed by atoms with Crippen LogP contribution in [0.3, 0.4) is 0 Å². The Labute approximate surface area is 179 Å². The highest BCUT2D eigenvalue weighted by molar-refractivity contribution is 8.93. The van der Waals surface area contributed by atoms with Crippen LogP contribution >= 0.6 is 34.0 Å². The number of hydrogen-bond acceptors (Lipinski definition) is 7. The highest BCUT2D eigenvalue weighted by Crippen LogP contribution is 2.21. The molecule has 2 rings (SSSR count). The van der Waals surface area contributed by atoms with Crippen LogP contribution in [0.1, 0.15) is 24.8 Å². The zero-order valence-corrected chi connectivity index (χ0v) is 18.0. The van der Waals surface area contributed by atoms with Crippen molar-refractivity contribution in [3.05, 3.63) is 48.5 Å². The summed E-state index contributed by atoms with van der Waals surface area (Å²) in [7, 11) is 0. The molecule has 0 amide bonds. The highest BCUT2D eigenvalue weighted by Gasteiger charge is 2.19. The van der Waals surface area contributed by atoms with Gasteiger partial charge >= 0.3 is 17.1 Å². The number of nitro groups is 1. The highest BCUT2D eigenvalue weighted by atomic mass is 79.9. The van der Waals surface area contributed by atoms with Crippen LogP contribution in [0.5, 0.6) is 0 Å². The van der Waals surface area contributed by atoms with E-state index in [0.717, 1.165) is 6.07 Å². The zero-order chi connectivity index (χ0) is 19.3. The fourth-order valence-electron chi connectivity index (χ4n) is 2.56. The second-order valence-corrected chi connectivity index (χ2v) is 5.75. The van der Waals surface area contributed by atoms with Crippen LogP contribution in [0.4, 0.5) is 5.69 Å². The Bertz CT molecular complexity index is 945. The SMILES string of the molecule is Br.Br.NCCCC[C@H](NCc1cc([N+](=O)[O-])cc2[nH]c(=O)c(=O)[nH]c12)C(=O)O. The average Bonchev–Trinajstić information content (AvgIpc) is 2.58. The van der Waals surface area contributed by atoms with Gasteiger partial charge in [-0.2, -0.15) is 0 Å². The molecule has 156 valence electrons. The van der Waals surface area contributed by atoms with Crippen LogP contribution in [-0.4, -0.2) is 38.6 Å². The second kappa shape index (κ2) is 11.7. The first-order chi connectivity index (χ1) is 12.3. The zero-order valence-electron chi connectivity index (χ0n) is 14.6. The van der Waals surface area contributed by atoms with E-state index in [1.165, 1.54) is 6.07 Å². The fourth-order valence-corrected chi connectivity index (χ4v) is 2.56. The number of halogens is 2. The van der Waals surface area contributed by atoms with Gasteiger partial charge in [0.05, 0.1) is 16.0 Å². The molecule has 0 radical (unpaired) electrons. The average molecular weight is 527 g/mol. The summed E-state index contributed by atoms with van der Waals surface area (Å²) in [6.07, 6.45) is 1.63. The number of nitrogens with two attached hydrogens (primary N) is 1. The monoisotopic (exact) mass is 525 g/mol. The van der Waals surface area contributed by atoms with Crippen molar-refractivity contribution in [2.75, 3.05) is 6.54 Å². The number of H-pyrrole nitrogens is 2. The number of aromatic amines is 2. The van der Waals surface area contributed by atoms with E-state index in [0.29, 0.717) is 31.4 Å². The molecule has 0 aliphatic rings. The van der Waals surface area contributed by atoms with E-state index in [4.69, 9.17) is 5.73 Å². The minimum absolute atomic E-state index is 0. The van der Waals surface area contributed by atoms with Gasteiger partial charge in [-0.25, -0.2) is 0 Å². The van der Waals surface area contributed by atoms with Crippen LogP contribution in [0.25, 0.3) is 11.0 Å². The molecule has 0 fully saturated rings. The van der Waals surface area contributed by atoms with Gasteiger partial charge in [0.15, 0.2) is 0 Å². The number of non-ortho nitro benzene ring substituents is 1. The van der Waals surface area contributed by atoms with E-state index in [9.17, 15) is 29.6 Å². The Morgan fingerprint density at radius 2 is 1.86 bits per heavy atom. The van der Waals surface area contributed by atoms with Crippen LogP contribution in [0, 0.1) is 10.1 Å². The Morgan fingerprint density at radius 1 is 1.21 bits per heavy atom. The minimum atomic E-state index is -1.06. The number of carboxylic acids is 1. The number of carboxylic acid groups (broad SMARTS) is 1. The number of carbonyl (C=O) groups is 1. The number of nitrogens with zero attached hydrogens (tertiary/aromatic N) is 1. The molecule has 0 aliphatic heterocycles. The van der Waals surface area contributed by atoms with Gasteiger partial charge in [0.2, 0.25) is 0 Å². The molecule has 13 heteroatoms. The molecular formula is C15H21Br2N5O6. The molecule has 6 N–H and O–H groups in total. The summed E-state index contributed by atoms with van der Waals surface area (Å²) in [4.78, 5) is 49.5. The van der Waals surface area contributed by atoms with Crippen molar-refractivity contribution in [1.82, 2.24) is 15.3 Å². The molecule has 0 saturated carbocycles. The third-order valence-corrected chi connectivity index (χ3v) is 3.89. The first kappa shape index (κ1) is 25.9. The van der Waals surface area contributed by atoms with Crippen molar-refractivity contribution in [2.24, 2.45) is 5.73 Å². The van der Waals surface area contributed by atoms with Gasteiger partial charge in [-0.05, 0) is 24.9 Å². The Hall–Kier alpha value is -2.09. The number of aromatic nitrogens is 2. The molecule has 0 unspecified atom stereocenters. The second-order valence-electron chi connectivity index (χ2n) is 5.75. The van der Waals surface area contributed by atoms with Crippen molar-refractivity contribution in [3.63, 3.8) is 0 Å².